The number of hydrogen-bond donors (Lipinski definition) is 1. The van der Waals surface area contributed by atoms with Gasteiger partial charge in [0, 0.05) is 6.04 Å². The highest BCUT2D eigenvalue weighted by Gasteiger charge is 1.85. The van der Waals surface area contributed by atoms with Crippen LogP contribution in [-0.4, -0.2) is 12.6 Å². The lowest BCUT2D eigenvalue weighted by Crippen LogP contribution is -2.22. The van der Waals surface area contributed by atoms with Crippen LogP contribution in [0.4, 0.5) is 0 Å². The quantitative estimate of drug-likeness (QED) is 0.596. The largest absolute Gasteiger partial charge is 0.315 e. The van der Waals surface area contributed by atoms with E-state index >= 15 is 0 Å². The minimum Gasteiger partial charge on any atom is -0.315 e. The monoisotopic (exact) mass is 117 g/mol. The van der Waals surface area contributed by atoms with Gasteiger partial charge < -0.3 is 5.32 Å². The summed E-state index contributed by atoms with van der Waals surface area (Å²) in [5.74, 6) is 0. The summed E-state index contributed by atoms with van der Waals surface area (Å²) in [5.41, 5.74) is 0. The Labute approximate surface area is 53.5 Å². The summed E-state index contributed by atoms with van der Waals surface area (Å²) >= 11 is 0. The third kappa shape index (κ3) is 9.35. The van der Waals surface area contributed by atoms with Gasteiger partial charge in [-0.1, -0.05) is 28.2 Å². The molecule has 0 unspecified atom stereocenters. The normalized spacial score (nSPS) is 9.00. The zero-order valence-corrected chi connectivity index (χ0v) is 5.49. The Kier molecular flexibility index (Phi) is 9.44. The first-order valence-corrected chi connectivity index (χ1v) is 3.00. The molecule has 0 aliphatic heterocycles. The Bertz CT molecular complexity index is 33.4. The molecule has 0 saturated heterocycles. The average Bonchev–Trinajstić information content (AvgIpc) is 1.61. The molecule has 0 rings (SSSR count). The van der Waals surface area contributed by atoms with Gasteiger partial charge in [0.25, 0.3) is 0 Å². The molecule has 1 heteroatoms. The lowest BCUT2D eigenvalue weighted by atomic mass is 10.4. The average molecular weight is 117 g/mol. The topological polar surface area (TPSA) is 12.0 Å². The highest BCUT2D eigenvalue weighted by atomic mass is 14.9. The minimum absolute atomic E-state index is 0. The van der Waals surface area contributed by atoms with Gasteiger partial charge in [-0.3, -0.25) is 0 Å². The SMILES string of the molecule is C.CCCNC(C)C. The fourth-order valence-electron chi connectivity index (χ4n) is 0.433. The molecule has 0 aromatic rings. The Morgan fingerprint density at radius 2 is 1.88 bits per heavy atom. The summed E-state index contributed by atoms with van der Waals surface area (Å²) < 4.78 is 0. The molecular weight excluding hydrogens is 98.1 g/mol. The molecular formula is C7H19N. The minimum atomic E-state index is 0. The van der Waals surface area contributed by atoms with Gasteiger partial charge in [0.1, 0.15) is 0 Å². The molecule has 0 radical (unpaired) electrons. The van der Waals surface area contributed by atoms with Crippen molar-refractivity contribution in [2.75, 3.05) is 6.54 Å². The first-order valence-electron chi connectivity index (χ1n) is 3.00. The third-order valence-electron chi connectivity index (χ3n) is 0.803. The maximum Gasteiger partial charge on any atom is 0.00103 e. The molecule has 0 amide bonds. The van der Waals surface area contributed by atoms with Crippen LogP contribution in [0, 0.1) is 0 Å². The Balaban J connectivity index is 0. The second-order valence-electron chi connectivity index (χ2n) is 2.11. The Hall–Kier alpha value is -0.0400. The summed E-state index contributed by atoms with van der Waals surface area (Å²) in [6, 6.07) is 0.653. The molecule has 0 heterocycles. The van der Waals surface area contributed by atoms with Crippen molar-refractivity contribution in [3.05, 3.63) is 0 Å². The molecule has 0 aliphatic carbocycles. The number of hydrogen-bond acceptors (Lipinski definition) is 1. The van der Waals surface area contributed by atoms with Gasteiger partial charge in [-0.05, 0) is 13.0 Å². The van der Waals surface area contributed by atoms with Gasteiger partial charge in [0.2, 0.25) is 0 Å². The molecule has 0 saturated carbocycles. The van der Waals surface area contributed by atoms with E-state index in [0.717, 1.165) is 6.54 Å². The zero-order valence-electron chi connectivity index (χ0n) is 5.49. The highest BCUT2D eigenvalue weighted by molar-refractivity contribution is 4.48. The summed E-state index contributed by atoms with van der Waals surface area (Å²) in [6.45, 7) is 7.65. The van der Waals surface area contributed by atoms with E-state index in [9.17, 15) is 0 Å². The molecule has 52 valence electrons. The van der Waals surface area contributed by atoms with Crippen molar-refractivity contribution in [2.24, 2.45) is 0 Å². The molecule has 0 fully saturated rings. The predicted octanol–water partition coefficient (Wildman–Crippen LogP) is 2.03. The summed E-state index contributed by atoms with van der Waals surface area (Å²) in [7, 11) is 0. The van der Waals surface area contributed by atoms with E-state index in [1.807, 2.05) is 0 Å². The van der Waals surface area contributed by atoms with Crippen LogP contribution < -0.4 is 5.32 Å². The van der Waals surface area contributed by atoms with E-state index in [-0.39, 0.29) is 7.43 Å². The maximum absolute atomic E-state index is 3.30. The van der Waals surface area contributed by atoms with Gasteiger partial charge in [-0.2, -0.15) is 0 Å². The van der Waals surface area contributed by atoms with Crippen molar-refractivity contribution in [2.45, 2.75) is 40.7 Å². The van der Waals surface area contributed by atoms with E-state index in [1.165, 1.54) is 6.42 Å². The van der Waals surface area contributed by atoms with Crippen LogP contribution in [0.2, 0.25) is 0 Å². The van der Waals surface area contributed by atoms with Gasteiger partial charge >= 0.3 is 0 Å². The van der Waals surface area contributed by atoms with E-state index < -0.39 is 0 Å². The van der Waals surface area contributed by atoms with Crippen LogP contribution in [0.25, 0.3) is 0 Å². The van der Waals surface area contributed by atoms with Crippen LogP contribution in [-0.2, 0) is 0 Å². The molecule has 0 atom stereocenters. The van der Waals surface area contributed by atoms with Crippen molar-refractivity contribution in [1.82, 2.24) is 5.32 Å². The van der Waals surface area contributed by atoms with E-state index in [2.05, 4.69) is 26.1 Å². The van der Waals surface area contributed by atoms with Crippen molar-refractivity contribution >= 4 is 0 Å². The van der Waals surface area contributed by atoms with Crippen molar-refractivity contribution < 1.29 is 0 Å². The lowest BCUT2D eigenvalue weighted by Gasteiger charge is -2.03. The second-order valence-corrected chi connectivity index (χ2v) is 2.11. The summed E-state index contributed by atoms with van der Waals surface area (Å²) in [6.07, 6.45) is 1.23. The van der Waals surface area contributed by atoms with Crippen molar-refractivity contribution in [1.29, 1.82) is 0 Å². The number of nitrogens with one attached hydrogen (secondary N) is 1. The van der Waals surface area contributed by atoms with E-state index in [0.29, 0.717) is 6.04 Å². The van der Waals surface area contributed by atoms with E-state index in [4.69, 9.17) is 0 Å². The van der Waals surface area contributed by atoms with Gasteiger partial charge in [0.15, 0.2) is 0 Å². The van der Waals surface area contributed by atoms with Crippen molar-refractivity contribution in [3.8, 4) is 0 Å². The van der Waals surface area contributed by atoms with Crippen molar-refractivity contribution in [3.63, 3.8) is 0 Å². The molecule has 0 spiro atoms. The molecule has 1 N–H and O–H groups in total. The fraction of sp³-hybridized carbons (Fsp3) is 1.00. The third-order valence-corrected chi connectivity index (χ3v) is 0.803. The fourth-order valence-corrected chi connectivity index (χ4v) is 0.433. The Morgan fingerprint density at radius 3 is 2.00 bits per heavy atom. The summed E-state index contributed by atoms with van der Waals surface area (Å²) in [4.78, 5) is 0. The molecule has 0 aromatic heterocycles. The molecule has 1 nitrogen and oxygen atoms in total. The van der Waals surface area contributed by atoms with Gasteiger partial charge in [-0.15, -0.1) is 0 Å². The highest BCUT2D eigenvalue weighted by Crippen LogP contribution is 1.76. The second kappa shape index (κ2) is 6.96. The molecule has 0 aliphatic rings. The van der Waals surface area contributed by atoms with Crippen LogP contribution >= 0.6 is 0 Å². The standard InChI is InChI=1S/C6H15N.CH4/c1-4-5-7-6(2)3;/h6-7H,4-5H2,1-3H3;1H4. The van der Waals surface area contributed by atoms with Crippen LogP contribution in [0.1, 0.15) is 34.6 Å². The Morgan fingerprint density at radius 1 is 1.38 bits per heavy atom. The molecule has 8 heavy (non-hydrogen) atoms. The smallest absolute Gasteiger partial charge is 0.00103 e. The van der Waals surface area contributed by atoms with Crippen LogP contribution in [0.3, 0.4) is 0 Å². The number of rotatable bonds is 3. The molecule has 0 aromatic carbocycles. The lowest BCUT2D eigenvalue weighted by molar-refractivity contribution is 0.584. The van der Waals surface area contributed by atoms with Crippen LogP contribution in [0.5, 0.6) is 0 Å². The molecule has 0 bridgehead atoms. The predicted molar refractivity (Wildman–Crippen MR) is 40.2 cm³/mol. The van der Waals surface area contributed by atoms with Gasteiger partial charge in [-0.25, -0.2) is 0 Å². The maximum atomic E-state index is 3.30. The van der Waals surface area contributed by atoms with E-state index in [1.54, 1.807) is 0 Å². The first-order chi connectivity index (χ1) is 3.27. The van der Waals surface area contributed by atoms with Gasteiger partial charge in [0.05, 0.1) is 0 Å². The summed E-state index contributed by atoms with van der Waals surface area (Å²) in [5, 5.41) is 3.30. The zero-order chi connectivity index (χ0) is 5.70. The van der Waals surface area contributed by atoms with Crippen LogP contribution in [0.15, 0.2) is 0 Å². The first kappa shape index (κ1) is 10.9.